The van der Waals surface area contributed by atoms with Crippen LogP contribution in [0.1, 0.15) is 48.8 Å². The Balaban J connectivity index is 1.56. The van der Waals surface area contributed by atoms with Crippen LogP contribution < -0.4 is 10.1 Å². The number of hydrogen-bond acceptors (Lipinski definition) is 4. The van der Waals surface area contributed by atoms with E-state index in [4.69, 9.17) is 9.15 Å². The second-order valence-electron chi connectivity index (χ2n) is 6.37. The predicted octanol–water partition coefficient (Wildman–Crippen LogP) is 4.31. The van der Waals surface area contributed by atoms with Crippen LogP contribution in [0.3, 0.4) is 0 Å². The van der Waals surface area contributed by atoms with Crippen LogP contribution in [0.25, 0.3) is 0 Å². The molecule has 132 valence electrons. The molecule has 0 aliphatic rings. The molecular weight excluding hydrogens is 314 g/mol. The lowest BCUT2D eigenvalue weighted by Crippen LogP contribution is -2.22. The quantitative estimate of drug-likeness (QED) is 0.697. The molecule has 0 bridgehead atoms. The van der Waals surface area contributed by atoms with Crippen LogP contribution in [0.4, 0.5) is 0 Å². The number of benzene rings is 1. The molecule has 2 atom stereocenters. The van der Waals surface area contributed by atoms with Gasteiger partial charge in [-0.3, -0.25) is 0 Å². The molecule has 2 aromatic heterocycles. The SMILES string of the molecule is Cc1ccc([C@@H](C)N[C@@H](C)c2ccc(OCc3nccn3C)cc2)o1. The average molecular weight is 339 g/mol. The highest BCUT2D eigenvalue weighted by atomic mass is 16.5. The van der Waals surface area contributed by atoms with E-state index in [0.717, 1.165) is 23.1 Å². The summed E-state index contributed by atoms with van der Waals surface area (Å²) in [5.74, 6) is 3.64. The molecule has 0 aliphatic carbocycles. The van der Waals surface area contributed by atoms with Crippen molar-refractivity contribution in [3.8, 4) is 5.75 Å². The van der Waals surface area contributed by atoms with Gasteiger partial charge >= 0.3 is 0 Å². The van der Waals surface area contributed by atoms with Crippen LogP contribution in [-0.4, -0.2) is 9.55 Å². The fourth-order valence-corrected chi connectivity index (χ4v) is 2.78. The third-order valence-corrected chi connectivity index (χ3v) is 4.36. The number of imidazole rings is 1. The fourth-order valence-electron chi connectivity index (χ4n) is 2.78. The summed E-state index contributed by atoms with van der Waals surface area (Å²) >= 11 is 0. The highest BCUT2D eigenvalue weighted by Crippen LogP contribution is 2.23. The predicted molar refractivity (Wildman–Crippen MR) is 97.4 cm³/mol. The van der Waals surface area contributed by atoms with Crippen LogP contribution in [0, 0.1) is 6.92 Å². The first-order chi connectivity index (χ1) is 12.0. The number of furan rings is 1. The summed E-state index contributed by atoms with van der Waals surface area (Å²) < 4.78 is 13.4. The van der Waals surface area contributed by atoms with Crippen molar-refractivity contribution in [2.45, 2.75) is 39.5 Å². The Morgan fingerprint density at radius 2 is 1.88 bits per heavy atom. The van der Waals surface area contributed by atoms with Gasteiger partial charge in [-0.1, -0.05) is 12.1 Å². The zero-order valence-corrected chi connectivity index (χ0v) is 15.2. The van der Waals surface area contributed by atoms with E-state index in [1.807, 2.05) is 49.0 Å². The van der Waals surface area contributed by atoms with Crippen molar-refractivity contribution in [2.75, 3.05) is 0 Å². The molecule has 1 N–H and O–H groups in total. The molecule has 5 heteroatoms. The minimum atomic E-state index is 0.156. The van der Waals surface area contributed by atoms with Gasteiger partial charge in [0.1, 0.15) is 29.7 Å². The molecule has 0 saturated carbocycles. The summed E-state index contributed by atoms with van der Waals surface area (Å²) in [6.45, 7) is 6.68. The van der Waals surface area contributed by atoms with Crippen LogP contribution in [0.15, 0.2) is 53.2 Å². The molecule has 3 rings (SSSR count). The van der Waals surface area contributed by atoms with Crippen LogP contribution in [-0.2, 0) is 13.7 Å². The molecule has 0 unspecified atom stereocenters. The molecule has 0 fully saturated rings. The molecule has 0 radical (unpaired) electrons. The largest absolute Gasteiger partial charge is 0.486 e. The van der Waals surface area contributed by atoms with Gasteiger partial charge in [0, 0.05) is 25.5 Å². The topological polar surface area (TPSA) is 52.2 Å². The third-order valence-electron chi connectivity index (χ3n) is 4.36. The normalized spacial score (nSPS) is 13.6. The van der Waals surface area contributed by atoms with Gasteiger partial charge < -0.3 is 19.0 Å². The van der Waals surface area contributed by atoms with E-state index in [9.17, 15) is 0 Å². The van der Waals surface area contributed by atoms with E-state index >= 15 is 0 Å². The van der Waals surface area contributed by atoms with Crippen molar-refractivity contribution in [3.05, 3.63) is 71.7 Å². The smallest absolute Gasteiger partial charge is 0.146 e. The minimum absolute atomic E-state index is 0.156. The van der Waals surface area contributed by atoms with Crippen molar-refractivity contribution >= 4 is 0 Å². The van der Waals surface area contributed by atoms with Crippen LogP contribution in [0.2, 0.25) is 0 Å². The van der Waals surface area contributed by atoms with E-state index in [2.05, 4.69) is 36.3 Å². The van der Waals surface area contributed by atoms with Gasteiger partial charge in [0.2, 0.25) is 0 Å². The maximum absolute atomic E-state index is 5.80. The number of aryl methyl sites for hydroxylation is 2. The highest BCUT2D eigenvalue weighted by Gasteiger charge is 2.14. The molecule has 0 amide bonds. The van der Waals surface area contributed by atoms with Gasteiger partial charge in [0.15, 0.2) is 0 Å². The summed E-state index contributed by atoms with van der Waals surface area (Å²) in [6, 6.07) is 12.6. The molecule has 25 heavy (non-hydrogen) atoms. The van der Waals surface area contributed by atoms with Crippen molar-refractivity contribution in [2.24, 2.45) is 7.05 Å². The molecule has 0 aliphatic heterocycles. The van der Waals surface area contributed by atoms with Crippen molar-refractivity contribution < 1.29 is 9.15 Å². The first-order valence-electron chi connectivity index (χ1n) is 8.54. The lowest BCUT2D eigenvalue weighted by Gasteiger charge is -2.19. The zero-order chi connectivity index (χ0) is 17.8. The van der Waals surface area contributed by atoms with Gasteiger partial charge in [0.05, 0.1) is 6.04 Å². The lowest BCUT2D eigenvalue weighted by atomic mass is 10.1. The van der Waals surface area contributed by atoms with Crippen LogP contribution in [0.5, 0.6) is 5.75 Å². The molecule has 0 saturated heterocycles. The molecule has 1 aromatic carbocycles. The Hall–Kier alpha value is -2.53. The molecular formula is C20H25N3O2. The van der Waals surface area contributed by atoms with Gasteiger partial charge in [-0.05, 0) is 50.6 Å². The number of aromatic nitrogens is 2. The van der Waals surface area contributed by atoms with Gasteiger partial charge in [-0.2, -0.15) is 0 Å². The molecule has 3 aromatic rings. The molecule has 2 heterocycles. The Labute approximate surface area is 148 Å². The fraction of sp³-hybridized carbons (Fsp3) is 0.350. The van der Waals surface area contributed by atoms with E-state index in [1.165, 1.54) is 5.56 Å². The van der Waals surface area contributed by atoms with Gasteiger partial charge in [0.25, 0.3) is 0 Å². The molecule has 5 nitrogen and oxygen atoms in total. The average Bonchev–Trinajstić information content (AvgIpc) is 3.21. The Morgan fingerprint density at radius 3 is 2.48 bits per heavy atom. The first kappa shape index (κ1) is 17.3. The second-order valence-corrected chi connectivity index (χ2v) is 6.37. The summed E-state index contributed by atoms with van der Waals surface area (Å²) in [5.41, 5.74) is 1.21. The van der Waals surface area contributed by atoms with Gasteiger partial charge in [-0.15, -0.1) is 0 Å². The number of rotatable bonds is 7. The van der Waals surface area contributed by atoms with E-state index in [-0.39, 0.29) is 12.1 Å². The van der Waals surface area contributed by atoms with Crippen molar-refractivity contribution in [3.63, 3.8) is 0 Å². The van der Waals surface area contributed by atoms with E-state index in [0.29, 0.717) is 6.61 Å². The maximum Gasteiger partial charge on any atom is 0.146 e. The van der Waals surface area contributed by atoms with Crippen LogP contribution >= 0.6 is 0 Å². The Morgan fingerprint density at radius 1 is 1.12 bits per heavy atom. The summed E-state index contributed by atoms with van der Waals surface area (Å²) in [7, 11) is 1.96. The Kier molecular flexibility index (Phi) is 5.24. The van der Waals surface area contributed by atoms with E-state index < -0.39 is 0 Å². The highest BCUT2D eigenvalue weighted by molar-refractivity contribution is 5.29. The van der Waals surface area contributed by atoms with Crippen molar-refractivity contribution in [1.82, 2.24) is 14.9 Å². The first-order valence-corrected chi connectivity index (χ1v) is 8.54. The number of nitrogens with zero attached hydrogens (tertiary/aromatic N) is 2. The molecule has 0 spiro atoms. The third kappa shape index (κ3) is 4.31. The maximum atomic E-state index is 5.80. The number of nitrogens with one attached hydrogen (secondary N) is 1. The Bertz CT molecular complexity index is 804. The number of hydrogen-bond donors (Lipinski definition) is 1. The second kappa shape index (κ2) is 7.57. The van der Waals surface area contributed by atoms with E-state index in [1.54, 1.807) is 6.20 Å². The van der Waals surface area contributed by atoms with Crippen molar-refractivity contribution in [1.29, 1.82) is 0 Å². The summed E-state index contributed by atoms with van der Waals surface area (Å²) in [4.78, 5) is 4.26. The monoisotopic (exact) mass is 339 g/mol. The lowest BCUT2D eigenvalue weighted by molar-refractivity contribution is 0.291. The summed E-state index contributed by atoms with van der Waals surface area (Å²) in [5, 5.41) is 3.56. The summed E-state index contributed by atoms with van der Waals surface area (Å²) in [6.07, 6.45) is 3.69. The minimum Gasteiger partial charge on any atom is -0.486 e. The standard InChI is InChI=1S/C20H25N3O2/c1-14-5-10-19(25-14)16(3)22-15(2)17-6-8-18(9-7-17)24-13-20-21-11-12-23(20)4/h5-12,15-16,22H,13H2,1-4H3/t15-,16+/m0/s1. The van der Waals surface area contributed by atoms with Gasteiger partial charge in [-0.25, -0.2) is 4.98 Å². The zero-order valence-electron chi connectivity index (χ0n) is 15.2. The number of ether oxygens (including phenoxy) is 1.